The fourth-order valence-electron chi connectivity index (χ4n) is 8.03. The van der Waals surface area contributed by atoms with Crippen molar-refractivity contribution in [3.8, 4) is 0 Å². The van der Waals surface area contributed by atoms with Crippen molar-refractivity contribution in [2.24, 2.45) is 16.7 Å². The maximum absolute atomic E-state index is 15.0. The molecule has 44 heavy (non-hydrogen) atoms. The van der Waals surface area contributed by atoms with Crippen LogP contribution in [0.4, 0.5) is 4.79 Å². The Labute approximate surface area is 255 Å². The maximum Gasteiger partial charge on any atom is 0.408 e. The summed E-state index contributed by atoms with van der Waals surface area (Å²) >= 11 is 0. The molecule has 0 radical (unpaired) electrons. The summed E-state index contributed by atoms with van der Waals surface area (Å²) in [7, 11) is 0. The van der Waals surface area contributed by atoms with Gasteiger partial charge in [-0.3, -0.25) is 9.59 Å². The molecule has 12 nitrogen and oxygen atoms in total. The Bertz CT molecular complexity index is 1390. The van der Waals surface area contributed by atoms with E-state index in [1.54, 1.807) is 45.9 Å². The molecule has 1 heterocycles. The monoisotopic (exact) mass is 615 g/mol. The number of nitrogens with one attached hydrogen (secondary N) is 1. The number of carbonyl (C=O) groups is 4. The molecule has 4 N–H and O–H groups in total. The molecule has 0 unspecified atom stereocenters. The third kappa shape index (κ3) is 4.48. The van der Waals surface area contributed by atoms with Crippen molar-refractivity contribution in [2.75, 3.05) is 13.2 Å². The van der Waals surface area contributed by atoms with Gasteiger partial charge in [0.2, 0.25) is 0 Å². The summed E-state index contributed by atoms with van der Waals surface area (Å²) < 4.78 is 23.7. The first kappa shape index (κ1) is 32.1. The van der Waals surface area contributed by atoms with Gasteiger partial charge >= 0.3 is 18.0 Å². The minimum Gasteiger partial charge on any atom is -0.455 e. The fourth-order valence-corrected chi connectivity index (χ4v) is 8.03. The third-order valence-electron chi connectivity index (χ3n) is 10.5. The van der Waals surface area contributed by atoms with Crippen molar-refractivity contribution >= 4 is 23.8 Å². The van der Waals surface area contributed by atoms with Crippen LogP contribution in [0.3, 0.4) is 0 Å². The van der Waals surface area contributed by atoms with Crippen LogP contribution in [0.1, 0.15) is 64.7 Å². The van der Waals surface area contributed by atoms with Crippen molar-refractivity contribution in [2.45, 2.75) is 96.1 Å². The predicted octanol–water partition coefficient (Wildman–Crippen LogP) is 1.84. The number of fused-ring (bicyclic) bond motifs is 5. The second-order valence-corrected chi connectivity index (χ2v) is 13.1. The number of carbonyl (C=O) groups excluding carboxylic acids is 4. The molecule has 1 aromatic rings. The predicted molar refractivity (Wildman–Crippen MR) is 153 cm³/mol. The van der Waals surface area contributed by atoms with Crippen LogP contribution in [0.5, 0.6) is 0 Å². The zero-order chi connectivity index (χ0) is 32.4. The zero-order valence-electron chi connectivity index (χ0n) is 25.8. The van der Waals surface area contributed by atoms with Crippen LogP contribution in [-0.2, 0) is 28.5 Å². The molecule has 0 aromatic heterocycles. The molecule has 3 fully saturated rings. The number of ketones is 1. The lowest BCUT2D eigenvalue weighted by atomic mass is 9.44. The second kappa shape index (κ2) is 10.9. The molecule has 1 aliphatic heterocycles. The highest BCUT2D eigenvalue weighted by Crippen LogP contribution is 2.64. The minimum atomic E-state index is -2.13. The van der Waals surface area contributed by atoms with Gasteiger partial charge in [0, 0.05) is 31.7 Å². The summed E-state index contributed by atoms with van der Waals surface area (Å²) in [6, 6.07) is 8.05. The van der Waals surface area contributed by atoms with Gasteiger partial charge in [-0.05, 0) is 44.1 Å². The van der Waals surface area contributed by atoms with Crippen LogP contribution in [0, 0.1) is 16.7 Å². The normalized spacial score (nSPS) is 39.0. The Hall–Kier alpha value is -3.32. The number of aliphatic hydroxyl groups is 3. The number of Topliss-reactive ketones (excluding diaryl/α,β-unsaturated/α-hetero) is 1. The molecule has 2 bridgehead atoms. The van der Waals surface area contributed by atoms with E-state index in [0.29, 0.717) is 5.57 Å². The summed E-state index contributed by atoms with van der Waals surface area (Å²) in [5.41, 5.74) is -6.52. The first-order chi connectivity index (χ1) is 20.6. The van der Waals surface area contributed by atoms with E-state index in [-0.39, 0.29) is 37.1 Å². The number of ether oxygens (including phenoxy) is 4. The number of benzene rings is 1. The van der Waals surface area contributed by atoms with Crippen LogP contribution in [0.15, 0.2) is 41.5 Å². The van der Waals surface area contributed by atoms with Crippen molar-refractivity contribution < 1.29 is 53.4 Å². The van der Waals surface area contributed by atoms with Crippen LogP contribution in [-0.4, -0.2) is 94.0 Å². The molecule has 1 aromatic carbocycles. The standard InChI is InChI=1S/C32H41NO11/c1-7-33-28(39)42-23-22-16(2)19(35)14-32(40,29(22,4)5)26(43-27(38)18-11-9-8-10-12-18)24-30(6,25(23)37)20(36)13-21-31(24,15-41-21)44-17(3)34/h8-12,19-21,23-24,26,35-36,40H,7,13-15H2,1-6H3,(H,33,39)/t19-,20-,21+,23+,24-,26-,30+,31-,32+/m0/s1. The number of hydrogen-bond acceptors (Lipinski definition) is 11. The van der Waals surface area contributed by atoms with E-state index in [0.717, 1.165) is 0 Å². The highest BCUT2D eigenvalue weighted by atomic mass is 16.6. The van der Waals surface area contributed by atoms with Gasteiger partial charge in [0.25, 0.3) is 0 Å². The van der Waals surface area contributed by atoms with Gasteiger partial charge in [-0.2, -0.15) is 0 Å². The molecule has 2 saturated carbocycles. The molecular formula is C32H41NO11. The smallest absolute Gasteiger partial charge is 0.408 e. The highest BCUT2D eigenvalue weighted by molar-refractivity contribution is 5.95. The number of esters is 2. The molecule has 4 aliphatic rings. The van der Waals surface area contributed by atoms with Crippen LogP contribution >= 0.6 is 0 Å². The van der Waals surface area contributed by atoms with Gasteiger partial charge in [-0.15, -0.1) is 0 Å². The SMILES string of the molecule is CCNC(=O)O[C@H]1C(=O)[C@@]2(C)[C@H]([C@H](OC(=O)c3ccccc3)[C@]3(O)C[C@H](O)C(C)=C1C3(C)C)[C@]1(OC(C)=O)CO[C@@H]1C[C@@H]2O. The number of hydrogen-bond donors (Lipinski definition) is 4. The molecule has 5 rings (SSSR count). The van der Waals surface area contributed by atoms with E-state index in [9.17, 15) is 34.5 Å². The average molecular weight is 616 g/mol. The summed E-state index contributed by atoms with van der Waals surface area (Å²) in [6.07, 6.45) is -8.34. The van der Waals surface area contributed by atoms with Gasteiger partial charge in [0.15, 0.2) is 17.5 Å². The molecule has 240 valence electrons. The maximum atomic E-state index is 15.0. The Morgan fingerprint density at radius 3 is 2.32 bits per heavy atom. The molecule has 1 amide bonds. The Balaban J connectivity index is 1.82. The molecule has 1 saturated heterocycles. The second-order valence-electron chi connectivity index (χ2n) is 13.1. The van der Waals surface area contributed by atoms with Crippen molar-refractivity contribution in [1.82, 2.24) is 5.32 Å². The minimum absolute atomic E-state index is 0.123. The lowest BCUT2D eigenvalue weighted by molar-refractivity contribution is -0.345. The molecule has 12 heteroatoms. The lowest BCUT2D eigenvalue weighted by Crippen LogP contribution is -2.82. The number of aliphatic hydroxyl groups excluding tert-OH is 2. The fraction of sp³-hybridized carbons (Fsp3) is 0.625. The van der Waals surface area contributed by atoms with E-state index in [1.807, 2.05) is 0 Å². The van der Waals surface area contributed by atoms with Gasteiger partial charge in [0.05, 0.1) is 35.7 Å². The lowest BCUT2D eigenvalue weighted by Gasteiger charge is -2.67. The van der Waals surface area contributed by atoms with E-state index in [4.69, 9.17) is 18.9 Å². The summed E-state index contributed by atoms with van der Waals surface area (Å²) in [5.74, 6) is -3.68. The van der Waals surface area contributed by atoms with Crippen molar-refractivity contribution in [3.63, 3.8) is 0 Å². The van der Waals surface area contributed by atoms with E-state index < -0.39 is 82.3 Å². The Kier molecular flexibility index (Phi) is 7.97. The quantitative estimate of drug-likeness (QED) is 0.216. The number of alkyl carbamates (subject to hydrolysis) is 1. The molecule has 0 spiro atoms. The topological polar surface area (TPSA) is 178 Å². The Morgan fingerprint density at radius 2 is 1.75 bits per heavy atom. The van der Waals surface area contributed by atoms with E-state index >= 15 is 0 Å². The van der Waals surface area contributed by atoms with Crippen LogP contribution in [0.25, 0.3) is 0 Å². The van der Waals surface area contributed by atoms with Gasteiger partial charge in [0.1, 0.15) is 17.8 Å². The summed E-state index contributed by atoms with van der Waals surface area (Å²) in [5, 5.41) is 38.6. The first-order valence-corrected chi connectivity index (χ1v) is 14.9. The number of amides is 1. The van der Waals surface area contributed by atoms with E-state index in [2.05, 4.69) is 5.32 Å². The highest BCUT2D eigenvalue weighted by Gasteiger charge is 2.78. The average Bonchev–Trinajstić information content (AvgIpc) is 2.95. The van der Waals surface area contributed by atoms with Crippen molar-refractivity contribution in [3.05, 3.63) is 47.0 Å². The van der Waals surface area contributed by atoms with Gasteiger partial charge in [-0.1, -0.05) is 32.0 Å². The Morgan fingerprint density at radius 1 is 1.09 bits per heavy atom. The third-order valence-corrected chi connectivity index (χ3v) is 10.5. The number of rotatable bonds is 5. The molecule has 9 atom stereocenters. The van der Waals surface area contributed by atoms with Gasteiger partial charge in [-0.25, -0.2) is 9.59 Å². The summed E-state index contributed by atoms with van der Waals surface area (Å²) in [6.45, 7) is 9.13. The zero-order valence-corrected chi connectivity index (χ0v) is 25.8. The van der Waals surface area contributed by atoms with Crippen molar-refractivity contribution in [1.29, 1.82) is 0 Å². The summed E-state index contributed by atoms with van der Waals surface area (Å²) in [4.78, 5) is 54.2. The van der Waals surface area contributed by atoms with Gasteiger partial charge < -0.3 is 39.6 Å². The largest absolute Gasteiger partial charge is 0.455 e. The van der Waals surface area contributed by atoms with Crippen LogP contribution in [0.2, 0.25) is 0 Å². The van der Waals surface area contributed by atoms with Crippen LogP contribution < -0.4 is 5.32 Å². The van der Waals surface area contributed by atoms with E-state index in [1.165, 1.54) is 26.0 Å². The molecule has 3 aliphatic carbocycles. The molecular weight excluding hydrogens is 574 g/mol. The first-order valence-electron chi connectivity index (χ1n) is 14.9.